The number of fused-ring (bicyclic) bond motifs is 7. The maximum atomic E-state index is 6.57. The third-order valence-corrected chi connectivity index (χ3v) is 7.09. The van der Waals surface area contributed by atoms with Crippen LogP contribution in [0.25, 0.3) is 33.1 Å². The second-order valence-electron chi connectivity index (χ2n) is 9.07. The Bertz CT molecular complexity index is 1520. The van der Waals surface area contributed by atoms with Gasteiger partial charge in [-0.2, -0.15) is 0 Å². The standard InChI is InChI=1S/C33H32O/c1-6-12-23(9-4)33(24(13-7-2)14-8-3)28-20-19-26-25-15-10-11-16-30(25)34-32(26)31(28)27-18-17-22(5)21-29(27)33/h6-7,9-21H,8H2,1-5H3/b12-6-,13-7-,23-9+,24-14+. The molecule has 1 nitrogen and oxygen atoms in total. The summed E-state index contributed by atoms with van der Waals surface area (Å²) in [4.78, 5) is 0. The van der Waals surface area contributed by atoms with Crippen LogP contribution in [-0.4, -0.2) is 0 Å². The Morgan fingerprint density at radius 1 is 0.853 bits per heavy atom. The van der Waals surface area contributed by atoms with Gasteiger partial charge in [0.25, 0.3) is 0 Å². The largest absolute Gasteiger partial charge is 0.455 e. The van der Waals surface area contributed by atoms with E-state index in [9.17, 15) is 0 Å². The van der Waals surface area contributed by atoms with E-state index in [0.717, 1.165) is 17.6 Å². The van der Waals surface area contributed by atoms with Gasteiger partial charge in [-0.1, -0.05) is 97.5 Å². The molecule has 1 heterocycles. The molecule has 0 aliphatic heterocycles. The first-order valence-electron chi connectivity index (χ1n) is 12.3. The molecule has 4 aromatic rings. The number of allylic oxidation sites excluding steroid dienone is 8. The van der Waals surface area contributed by atoms with Crippen LogP contribution >= 0.6 is 0 Å². The van der Waals surface area contributed by atoms with Crippen molar-refractivity contribution in [3.05, 3.63) is 119 Å². The van der Waals surface area contributed by atoms with Crippen molar-refractivity contribution in [1.82, 2.24) is 0 Å². The van der Waals surface area contributed by atoms with Gasteiger partial charge in [0, 0.05) is 16.3 Å². The summed E-state index contributed by atoms with van der Waals surface area (Å²) in [5.41, 5.74) is 10.5. The van der Waals surface area contributed by atoms with Crippen molar-refractivity contribution < 1.29 is 4.42 Å². The van der Waals surface area contributed by atoms with Crippen LogP contribution in [0.4, 0.5) is 0 Å². The Balaban J connectivity index is 2.03. The molecule has 0 amide bonds. The van der Waals surface area contributed by atoms with Gasteiger partial charge >= 0.3 is 0 Å². The predicted molar refractivity (Wildman–Crippen MR) is 146 cm³/mol. The molecule has 170 valence electrons. The molecule has 1 unspecified atom stereocenters. The topological polar surface area (TPSA) is 13.1 Å². The Morgan fingerprint density at radius 3 is 2.35 bits per heavy atom. The summed E-state index contributed by atoms with van der Waals surface area (Å²) in [6.45, 7) is 10.8. The third kappa shape index (κ3) is 3.00. The molecule has 0 fully saturated rings. The first-order valence-corrected chi connectivity index (χ1v) is 12.3. The molecule has 1 heteroatoms. The molecule has 1 aliphatic carbocycles. The zero-order chi connectivity index (χ0) is 23.9. The molecule has 1 atom stereocenters. The van der Waals surface area contributed by atoms with Crippen molar-refractivity contribution in [2.45, 2.75) is 46.5 Å². The average molecular weight is 445 g/mol. The summed E-state index contributed by atoms with van der Waals surface area (Å²) in [5, 5.41) is 2.35. The quantitative estimate of drug-likeness (QED) is 0.279. The highest BCUT2D eigenvalue weighted by Crippen LogP contribution is 2.59. The molecule has 3 aromatic carbocycles. The van der Waals surface area contributed by atoms with Crippen molar-refractivity contribution >= 4 is 21.9 Å². The van der Waals surface area contributed by atoms with E-state index in [4.69, 9.17) is 4.42 Å². The average Bonchev–Trinajstić information content (AvgIpc) is 3.36. The van der Waals surface area contributed by atoms with Gasteiger partial charge in [0.2, 0.25) is 0 Å². The Morgan fingerprint density at radius 2 is 1.62 bits per heavy atom. The van der Waals surface area contributed by atoms with E-state index in [1.54, 1.807) is 0 Å². The molecular formula is C33H32O. The number of hydrogen-bond acceptors (Lipinski definition) is 1. The minimum Gasteiger partial charge on any atom is -0.455 e. The number of furan rings is 1. The first kappa shape index (κ1) is 22.2. The van der Waals surface area contributed by atoms with E-state index < -0.39 is 5.41 Å². The van der Waals surface area contributed by atoms with Crippen molar-refractivity contribution in [3.63, 3.8) is 0 Å². The van der Waals surface area contributed by atoms with Crippen LogP contribution in [-0.2, 0) is 5.41 Å². The zero-order valence-corrected chi connectivity index (χ0v) is 20.8. The fourth-order valence-corrected chi connectivity index (χ4v) is 5.85. The summed E-state index contributed by atoms with van der Waals surface area (Å²) < 4.78 is 6.57. The maximum absolute atomic E-state index is 6.57. The lowest BCUT2D eigenvalue weighted by Crippen LogP contribution is -2.29. The van der Waals surface area contributed by atoms with Crippen LogP contribution in [0.3, 0.4) is 0 Å². The predicted octanol–water partition coefficient (Wildman–Crippen LogP) is 9.60. The molecule has 0 bridgehead atoms. The second-order valence-corrected chi connectivity index (χ2v) is 9.07. The van der Waals surface area contributed by atoms with Crippen LogP contribution in [0.2, 0.25) is 0 Å². The number of aryl methyl sites for hydroxylation is 1. The minimum atomic E-state index is -0.395. The molecule has 0 radical (unpaired) electrons. The fourth-order valence-electron chi connectivity index (χ4n) is 5.85. The van der Waals surface area contributed by atoms with E-state index in [-0.39, 0.29) is 0 Å². The maximum Gasteiger partial charge on any atom is 0.143 e. The van der Waals surface area contributed by atoms with Crippen molar-refractivity contribution in [3.8, 4) is 11.1 Å². The highest BCUT2D eigenvalue weighted by molar-refractivity contribution is 6.12. The van der Waals surface area contributed by atoms with E-state index in [1.807, 2.05) is 6.07 Å². The number of hydrogen-bond donors (Lipinski definition) is 0. The van der Waals surface area contributed by atoms with Crippen LogP contribution in [0.1, 0.15) is 50.8 Å². The van der Waals surface area contributed by atoms with Gasteiger partial charge in [0.15, 0.2) is 0 Å². The van der Waals surface area contributed by atoms with Crippen LogP contribution in [0, 0.1) is 6.92 Å². The van der Waals surface area contributed by atoms with Gasteiger partial charge in [-0.3, -0.25) is 0 Å². The highest BCUT2D eigenvalue weighted by Gasteiger charge is 2.48. The molecule has 0 N–H and O–H groups in total. The Hall–Kier alpha value is -3.58. The number of para-hydroxylation sites is 1. The molecular weight excluding hydrogens is 412 g/mol. The van der Waals surface area contributed by atoms with Crippen LogP contribution < -0.4 is 0 Å². The third-order valence-electron chi connectivity index (χ3n) is 7.09. The monoisotopic (exact) mass is 444 g/mol. The van der Waals surface area contributed by atoms with Crippen molar-refractivity contribution in [2.75, 3.05) is 0 Å². The molecule has 0 spiro atoms. The zero-order valence-electron chi connectivity index (χ0n) is 20.8. The molecule has 0 saturated carbocycles. The lowest BCUT2D eigenvalue weighted by molar-refractivity contribution is 0.668. The van der Waals surface area contributed by atoms with E-state index in [0.29, 0.717) is 0 Å². The highest BCUT2D eigenvalue weighted by atomic mass is 16.3. The van der Waals surface area contributed by atoms with Crippen LogP contribution in [0.15, 0.2) is 107 Å². The summed E-state index contributed by atoms with van der Waals surface area (Å²) in [6, 6.07) is 19.9. The Kier molecular flexibility index (Phi) is 5.65. The number of rotatable bonds is 5. The molecule has 34 heavy (non-hydrogen) atoms. The van der Waals surface area contributed by atoms with Gasteiger partial charge in [0.1, 0.15) is 11.2 Å². The van der Waals surface area contributed by atoms with Crippen LogP contribution in [0.5, 0.6) is 0 Å². The van der Waals surface area contributed by atoms with Gasteiger partial charge < -0.3 is 4.42 Å². The molecule has 0 saturated heterocycles. The number of benzene rings is 3. The smallest absolute Gasteiger partial charge is 0.143 e. The molecule has 5 rings (SSSR count). The van der Waals surface area contributed by atoms with Gasteiger partial charge in [-0.15, -0.1) is 0 Å². The lowest BCUT2D eigenvalue weighted by Gasteiger charge is -2.36. The summed E-state index contributed by atoms with van der Waals surface area (Å²) in [7, 11) is 0. The van der Waals surface area contributed by atoms with E-state index in [2.05, 4.69) is 120 Å². The van der Waals surface area contributed by atoms with Crippen molar-refractivity contribution in [1.29, 1.82) is 0 Å². The normalized spacial score (nSPS) is 18.5. The van der Waals surface area contributed by atoms with Gasteiger partial charge in [-0.05, 0) is 68.0 Å². The minimum absolute atomic E-state index is 0.395. The first-order chi connectivity index (χ1) is 16.6. The molecule has 1 aromatic heterocycles. The van der Waals surface area contributed by atoms with Gasteiger partial charge in [0.05, 0.1) is 5.41 Å². The summed E-state index contributed by atoms with van der Waals surface area (Å²) in [5.74, 6) is 0. The summed E-state index contributed by atoms with van der Waals surface area (Å²) in [6.07, 6.45) is 14.5. The lowest BCUT2D eigenvalue weighted by atomic mass is 9.66. The second kappa shape index (κ2) is 8.65. The van der Waals surface area contributed by atoms with E-state index >= 15 is 0 Å². The van der Waals surface area contributed by atoms with E-state index in [1.165, 1.54) is 49.7 Å². The Labute approximate surface area is 202 Å². The van der Waals surface area contributed by atoms with Gasteiger partial charge in [-0.25, -0.2) is 0 Å². The summed E-state index contributed by atoms with van der Waals surface area (Å²) >= 11 is 0. The fraction of sp³-hybridized carbons (Fsp3) is 0.212. The SMILES string of the molecule is C/C=C\C(=C/C)C1(C(/C=C\C)=C/CC)c2cc(C)ccc2-c2c1ccc1c2oc2ccccc21. The van der Waals surface area contributed by atoms with Crippen molar-refractivity contribution in [2.24, 2.45) is 0 Å². The molecule has 1 aliphatic rings.